The first-order valence-corrected chi connectivity index (χ1v) is 10.4. The molecule has 2 rings (SSSR count). The van der Waals surface area contributed by atoms with Crippen molar-refractivity contribution in [3.63, 3.8) is 0 Å². The molecule has 2 N–H and O–H groups in total. The van der Waals surface area contributed by atoms with Crippen LogP contribution < -0.4 is 5.84 Å². The summed E-state index contributed by atoms with van der Waals surface area (Å²) < 4.78 is 105. The second-order valence-electron chi connectivity index (χ2n) is 6.43. The highest BCUT2D eigenvalue weighted by molar-refractivity contribution is 8.45. The Morgan fingerprint density at radius 2 is 1.78 bits per heavy atom. The third-order valence-corrected chi connectivity index (χ3v) is 4.91. The van der Waals surface area contributed by atoms with Crippen LogP contribution in [-0.4, -0.2) is 31.6 Å². The summed E-state index contributed by atoms with van der Waals surface area (Å²) in [7, 11) is -10.5. The number of rotatable bonds is 6. The highest BCUT2D eigenvalue weighted by Gasteiger charge is 2.66. The van der Waals surface area contributed by atoms with Gasteiger partial charge in [0.05, 0.1) is 5.56 Å². The molecule has 1 heterocycles. The summed E-state index contributed by atoms with van der Waals surface area (Å²) in [5, 5.41) is 3.84. The summed E-state index contributed by atoms with van der Waals surface area (Å²) >= 11 is 0. The summed E-state index contributed by atoms with van der Waals surface area (Å²) in [6.07, 6.45) is -2.59. The zero-order valence-electron chi connectivity index (χ0n) is 16.0. The molecule has 0 unspecified atom stereocenters. The van der Waals surface area contributed by atoms with Gasteiger partial charge in [-0.15, -0.1) is 5.10 Å². The maximum atomic E-state index is 13.1. The molecule has 1 aromatic heterocycles. The molecule has 0 spiro atoms. The molecule has 0 aliphatic heterocycles. The number of imide groups is 1. The molecule has 2 aromatic rings. The van der Waals surface area contributed by atoms with Crippen molar-refractivity contribution < 1.29 is 42.2 Å². The molecule has 1 aromatic carbocycles. The van der Waals surface area contributed by atoms with Crippen LogP contribution in [0.4, 0.5) is 32.6 Å². The Balaban J connectivity index is 2.42. The van der Waals surface area contributed by atoms with Crippen LogP contribution in [0.1, 0.15) is 25.3 Å². The maximum absolute atomic E-state index is 13.1. The van der Waals surface area contributed by atoms with Crippen LogP contribution in [0.5, 0.6) is 0 Å². The van der Waals surface area contributed by atoms with E-state index in [-0.39, 0.29) is 18.6 Å². The number of hydrazine groups is 1. The van der Waals surface area contributed by atoms with Crippen LogP contribution in [0, 0.1) is 0 Å². The molecule has 0 radical (unpaired) electrons. The van der Waals surface area contributed by atoms with Gasteiger partial charge in [0, 0.05) is 24.3 Å². The van der Waals surface area contributed by atoms with Crippen LogP contribution in [0.15, 0.2) is 35.5 Å². The minimum absolute atomic E-state index is 0.0202. The van der Waals surface area contributed by atoms with Crippen molar-refractivity contribution in [1.29, 1.82) is 0 Å². The van der Waals surface area contributed by atoms with Crippen LogP contribution >= 0.6 is 10.2 Å². The van der Waals surface area contributed by atoms with Crippen LogP contribution in [-0.2, 0) is 15.8 Å². The van der Waals surface area contributed by atoms with Gasteiger partial charge < -0.3 is 0 Å². The van der Waals surface area contributed by atoms with Crippen molar-refractivity contribution in [1.82, 2.24) is 19.8 Å². The lowest BCUT2D eigenvalue weighted by molar-refractivity contribution is -0.142. The third-order valence-electron chi connectivity index (χ3n) is 3.79. The highest BCUT2D eigenvalue weighted by atomic mass is 32.5. The smallest absolute Gasteiger partial charge is 0.273 e. The van der Waals surface area contributed by atoms with E-state index in [1.807, 2.05) is 0 Å². The van der Waals surface area contributed by atoms with Gasteiger partial charge in [0.1, 0.15) is 11.2 Å². The second kappa shape index (κ2) is 7.54. The van der Waals surface area contributed by atoms with Crippen molar-refractivity contribution in [2.45, 2.75) is 30.8 Å². The van der Waals surface area contributed by atoms with Crippen molar-refractivity contribution in [2.24, 2.45) is 5.84 Å². The van der Waals surface area contributed by atoms with Crippen molar-refractivity contribution in [3.8, 4) is 11.4 Å². The van der Waals surface area contributed by atoms with E-state index in [1.54, 1.807) is 6.92 Å². The number of halogens is 8. The fraction of sp³-hybridized carbons (Fsp3) is 0.250. The van der Waals surface area contributed by atoms with Gasteiger partial charge in [-0.25, -0.2) is 20.5 Å². The zero-order valence-corrected chi connectivity index (χ0v) is 16.8. The predicted molar refractivity (Wildman–Crippen MR) is 98.1 cm³/mol. The van der Waals surface area contributed by atoms with Gasteiger partial charge in [0.25, 0.3) is 5.91 Å². The minimum Gasteiger partial charge on any atom is -0.273 e. The standard InChI is InChI=1S/C16H15F8N5O2S/c1-2-3-13(30)29(25)14(31)4-5-28-9-26-15(27-28)10-6-11(16(17,18)19)8-12(7-10)32(20,21,22,23)24/h4-9H,2-3,25H2,1H3. The Hall–Kier alpha value is -3.01. The Morgan fingerprint density at radius 1 is 1.16 bits per heavy atom. The van der Waals surface area contributed by atoms with Crippen LogP contribution in [0.3, 0.4) is 0 Å². The molecule has 32 heavy (non-hydrogen) atoms. The molecular weight excluding hydrogens is 478 g/mol. The topological polar surface area (TPSA) is 94.1 Å². The molecule has 0 atom stereocenters. The second-order valence-corrected chi connectivity index (χ2v) is 8.84. The normalized spacial score (nSPS) is 14.8. The average Bonchev–Trinajstić information content (AvgIpc) is 3.12. The molecule has 178 valence electrons. The molecule has 0 saturated carbocycles. The van der Waals surface area contributed by atoms with Crippen LogP contribution in [0.25, 0.3) is 17.6 Å². The lowest BCUT2D eigenvalue weighted by Crippen LogP contribution is -2.41. The number of benzene rings is 1. The van der Waals surface area contributed by atoms with E-state index in [0.29, 0.717) is 16.1 Å². The van der Waals surface area contributed by atoms with Gasteiger partial charge in [-0.2, -0.15) is 13.2 Å². The molecule has 0 aliphatic carbocycles. The summed E-state index contributed by atoms with van der Waals surface area (Å²) in [4.78, 5) is 24.0. The number of nitrogens with two attached hydrogens (primary N) is 1. The number of nitrogens with zero attached hydrogens (tertiary/aromatic N) is 4. The number of hydrogen-bond donors (Lipinski definition) is 1. The van der Waals surface area contributed by atoms with Crippen molar-refractivity contribution >= 4 is 28.2 Å². The van der Waals surface area contributed by atoms with Gasteiger partial charge in [-0.3, -0.25) is 9.59 Å². The Bertz CT molecular complexity index is 1080. The lowest BCUT2D eigenvalue weighted by atomic mass is 10.1. The van der Waals surface area contributed by atoms with Crippen LogP contribution in [0.2, 0.25) is 0 Å². The first kappa shape index (κ1) is 25.3. The fourth-order valence-corrected chi connectivity index (χ4v) is 2.97. The number of amides is 2. The highest BCUT2D eigenvalue weighted by Crippen LogP contribution is 3.02. The van der Waals surface area contributed by atoms with E-state index >= 15 is 0 Å². The fourth-order valence-electron chi connectivity index (χ4n) is 2.27. The zero-order chi connectivity index (χ0) is 24.6. The largest absolute Gasteiger partial charge is 0.416 e. The van der Waals surface area contributed by atoms with E-state index in [2.05, 4.69) is 10.1 Å². The van der Waals surface area contributed by atoms with Crippen molar-refractivity contribution in [3.05, 3.63) is 36.2 Å². The number of hydrogen-bond acceptors (Lipinski definition) is 5. The molecule has 0 fully saturated rings. The maximum Gasteiger partial charge on any atom is 0.416 e. The Labute approximate surface area is 175 Å². The van der Waals surface area contributed by atoms with E-state index in [9.17, 15) is 42.2 Å². The molecular formula is C16H15F8N5O2S. The van der Waals surface area contributed by atoms with Gasteiger partial charge in [-0.05, 0) is 24.6 Å². The Kier molecular flexibility index (Phi) is 5.95. The van der Waals surface area contributed by atoms with E-state index in [1.165, 1.54) is 0 Å². The molecule has 0 aliphatic rings. The number of carbonyl (C=O) groups is 2. The first-order chi connectivity index (χ1) is 14.3. The van der Waals surface area contributed by atoms with Gasteiger partial charge in [-0.1, -0.05) is 26.4 Å². The molecule has 7 nitrogen and oxygen atoms in total. The third kappa shape index (κ3) is 6.25. The molecule has 0 bridgehead atoms. The number of carbonyl (C=O) groups excluding carboxylic acids is 2. The average molecular weight is 493 g/mol. The lowest BCUT2D eigenvalue weighted by Gasteiger charge is -2.40. The molecule has 2 amide bonds. The van der Waals surface area contributed by atoms with E-state index < -0.39 is 56.1 Å². The van der Waals surface area contributed by atoms with Crippen molar-refractivity contribution in [2.75, 3.05) is 0 Å². The SMILES string of the molecule is CCCC(=O)N(N)C(=O)C=Cn1cnc(-c2cc(C(F)(F)F)cc(S(F)(F)(F)(F)F)c2)n1. The quantitative estimate of drug-likeness (QED) is 0.198. The minimum atomic E-state index is -10.5. The van der Waals surface area contributed by atoms with Gasteiger partial charge in [0.15, 0.2) is 5.82 Å². The Morgan fingerprint density at radius 3 is 2.31 bits per heavy atom. The number of alkyl halides is 3. The summed E-state index contributed by atoms with van der Waals surface area (Å²) in [5.74, 6) is 2.85. The monoisotopic (exact) mass is 493 g/mol. The molecule has 0 saturated heterocycles. The summed E-state index contributed by atoms with van der Waals surface area (Å²) in [6.45, 7) is 1.67. The summed E-state index contributed by atoms with van der Waals surface area (Å²) in [6, 6.07) is -0.716. The van der Waals surface area contributed by atoms with E-state index in [0.717, 1.165) is 18.6 Å². The number of aromatic nitrogens is 3. The first-order valence-electron chi connectivity index (χ1n) is 8.49. The predicted octanol–water partition coefficient (Wildman–Crippen LogP) is 5.12. The van der Waals surface area contributed by atoms with Gasteiger partial charge in [0.2, 0.25) is 5.91 Å². The van der Waals surface area contributed by atoms with E-state index in [4.69, 9.17) is 5.84 Å². The molecule has 16 heteroatoms. The van der Waals surface area contributed by atoms with Gasteiger partial charge >= 0.3 is 16.4 Å². The summed E-state index contributed by atoms with van der Waals surface area (Å²) in [5.41, 5.74) is -2.96.